The molecule has 0 saturated heterocycles. The molecule has 0 spiro atoms. The Labute approximate surface area is 121 Å². The van der Waals surface area contributed by atoms with Crippen molar-refractivity contribution in [2.45, 2.75) is 32.9 Å². The molecule has 1 N–H and O–H groups in total. The van der Waals surface area contributed by atoms with E-state index in [1.165, 1.54) is 12.1 Å². The molecule has 6 heteroatoms. The van der Waals surface area contributed by atoms with Gasteiger partial charge in [0.1, 0.15) is 0 Å². The highest BCUT2D eigenvalue weighted by Crippen LogP contribution is 2.39. The van der Waals surface area contributed by atoms with Crippen LogP contribution in [0.25, 0.3) is 0 Å². The van der Waals surface area contributed by atoms with E-state index in [0.717, 1.165) is 6.07 Å². The highest BCUT2D eigenvalue weighted by atomic mass is 35.5. The molecule has 110 valence electrons. The Morgan fingerprint density at radius 3 is 2.50 bits per heavy atom. The lowest BCUT2D eigenvalue weighted by molar-refractivity contribution is -0.137. The number of nitrogens with zero attached hydrogens (tertiary/aromatic N) is 1. The highest BCUT2D eigenvalue weighted by Gasteiger charge is 2.34. The summed E-state index contributed by atoms with van der Waals surface area (Å²) in [4.78, 5) is 0. The summed E-state index contributed by atoms with van der Waals surface area (Å²) in [6.45, 7) is 4.09. The Hall–Kier alpha value is -1.41. The van der Waals surface area contributed by atoms with Gasteiger partial charge in [0.2, 0.25) is 0 Å². The minimum Gasteiger partial charge on any atom is -0.383 e. The van der Waals surface area contributed by atoms with Gasteiger partial charge in [-0.3, -0.25) is 0 Å². The summed E-state index contributed by atoms with van der Waals surface area (Å²) in [5.74, 6) is 0. The normalized spacial score (nSPS) is 12.1. The van der Waals surface area contributed by atoms with Crippen molar-refractivity contribution >= 4 is 17.3 Å². The van der Waals surface area contributed by atoms with Gasteiger partial charge in [-0.15, -0.1) is 0 Å². The number of alkyl halides is 3. The van der Waals surface area contributed by atoms with Gasteiger partial charge in [0, 0.05) is 13.0 Å². The van der Waals surface area contributed by atoms with Crippen LogP contribution in [0.1, 0.15) is 32.3 Å². The number of nitriles is 1. The predicted octanol–water partition coefficient (Wildman–Crippen LogP) is 5.10. The number of hydrogen-bond acceptors (Lipinski definition) is 2. The molecule has 1 rings (SSSR count). The molecule has 0 amide bonds. The first-order valence-corrected chi connectivity index (χ1v) is 6.52. The summed E-state index contributed by atoms with van der Waals surface area (Å²) in [6.07, 6.45) is -3.49. The van der Waals surface area contributed by atoms with Gasteiger partial charge in [0.15, 0.2) is 0 Å². The maximum absolute atomic E-state index is 12.9. The van der Waals surface area contributed by atoms with Crippen LogP contribution in [0.3, 0.4) is 0 Å². The molecule has 0 saturated carbocycles. The molecule has 0 atom stereocenters. The van der Waals surface area contributed by atoms with Gasteiger partial charge >= 0.3 is 6.18 Å². The van der Waals surface area contributed by atoms with Crippen LogP contribution < -0.4 is 5.32 Å². The monoisotopic (exact) mass is 304 g/mol. The molecular formula is C14H16ClF3N2. The summed E-state index contributed by atoms with van der Waals surface area (Å²) in [5.41, 5.74) is -1.18. The molecule has 0 aliphatic carbocycles. The molecule has 1 aromatic rings. The van der Waals surface area contributed by atoms with E-state index >= 15 is 0 Å². The van der Waals surface area contributed by atoms with Crippen molar-refractivity contribution in [3.8, 4) is 6.07 Å². The molecule has 0 unspecified atom stereocenters. The smallest absolute Gasteiger partial charge is 0.383 e. The number of anilines is 1. The van der Waals surface area contributed by atoms with Crippen molar-refractivity contribution < 1.29 is 13.2 Å². The van der Waals surface area contributed by atoms with Crippen LogP contribution in [-0.2, 0) is 6.18 Å². The first kappa shape index (κ1) is 16.6. The molecule has 1 aromatic carbocycles. The van der Waals surface area contributed by atoms with Gasteiger partial charge in [-0.1, -0.05) is 31.5 Å². The molecule has 0 fully saturated rings. The largest absolute Gasteiger partial charge is 0.418 e. The number of rotatable bonds is 5. The Kier molecular flexibility index (Phi) is 5.29. The van der Waals surface area contributed by atoms with Crippen molar-refractivity contribution in [2.75, 3.05) is 11.9 Å². The fraction of sp³-hybridized carbons (Fsp3) is 0.500. The van der Waals surface area contributed by atoms with E-state index in [-0.39, 0.29) is 16.1 Å². The van der Waals surface area contributed by atoms with Gasteiger partial charge in [-0.05, 0) is 24.0 Å². The van der Waals surface area contributed by atoms with Crippen molar-refractivity contribution in [1.29, 1.82) is 5.26 Å². The van der Waals surface area contributed by atoms with Crippen molar-refractivity contribution in [1.82, 2.24) is 0 Å². The number of para-hydroxylation sites is 1. The number of benzene rings is 1. The summed E-state index contributed by atoms with van der Waals surface area (Å²) in [6, 6.07) is 5.72. The molecule has 0 heterocycles. The summed E-state index contributed by atoms with van der Waals surface area (Å²) in [5, 5.41) is 11.4. The average Bonchev–Trinajstić information content (AvgIpc) is 2.33. The zero-order chi connectivity index (χ0) is 15.4. The number of nitrogens with one attached hydrogen (secondary N) is 1. The quantitative estimate of drug-likeness (QED) is 0.821. The topological polar surface area (TPSA) is 35.8 Å². The molecule has 0 radical (unpaired) electrons. The van der Waals surface area contributed by atoms with Crippen molar-refractivity contribution in [3.05, 3.63) is 28.8 Å². The SMILES string of the molecule is CC(C)(CCC#N)CNc1c(Cl)cccc1C(F)(F)F. The standard InChI is InChI=1S/C14H16ClF3N2/c1-13(2,7-4-8-19)9-20-12-10(14(16,17)18)5-3-6-11(12)15/h3,5-6,20H,4,7,9H2,1-2H3. The molecule has 0 aromatic heterocycles. The average molecular weight is 305 g/mol. The minimum absolute atomic E-state index is 0.0379. The van der Waals surface area contributed by atoms with Crippen LogP contribution in [0.15, 0.2) is 18.2 Å². The van der Waals surface area contributed by atoms with Gasteiger partial charge in [0.25, 0.3) is 0 Å². The molecular weight excluding hydrogens is 289 g/mol. The lowest BCUT2D eigenvalue weighted by Crippen LogP contribution is -2.24. The predicted molar refractivity (Wildman–Crippen MR) is 73.6 cm³/mol. The van der Waals surface area contributed by atoms with Gasteiger partial charge in [-0.25, -0.2) is 0 Å². The number of hydrogen-bond donors (Lipinski definition) is 1. The van der Waals surface area contributed by atoms with E-state index < -0.39 is 11.7 Å². The zero-order valence-electron chi connectivity index (χ0n) is 11.3. The molecule has 0 bridgehead atoms. The Morgan fingerprint density at radius 2 is 1.95 bits per heavy atom. The molecule has 0 aliphatic rings. The maximum atomic E-state index is 12.9. The van der Waals surface area contributed by atoms with Gasteiger partial charge in [-0.2, -0.15) is 18.4 Å². The first-order valence-electron chi connectivity index (χ1n) is 6.14. The summed E-state index contributed by atoms with van der Waals surface area (Å²) in [7, 11) is 0. The molecule has 2 nitrogen and oxygen atoms in total. The second-order valence-corrected chi connectivity index (χ2v) is 5.74. The number of halogens is 4. The maximum Gasteiger partial charge on any atom is 0.418 e. The van der Waals surface area contributed by atoms with Crippen LogP contribution in [0, 0.1) is 16.7 Å². The van der Waals surface area contributed by atoms with E-state index in [1.54, 1.807) is 0 Å². The van der Waals surface area contributed by atoms with Crippen molar-refractivity contribution in [3.63, 3.8) is 0 Å². The van der Waals surface area contributed by atoms with Crippen LogP contribution >= 0.6 is 11.6 Å². The third-order valence-corrected chi connectivity index (χ3v) is 3.29. The molecule has 20 heavy (non-hydrogen) atoms. The third kappa shape index (κ3) is 4.61. The molecule has 0 aliphatic heterocycles. The van der Waals surface area contributed by atoms with Crippen LogP contribution in [-0.4, -0.2) is 6.54 Å². The fourth-order valence-electron chi connectivity index (χ4n) is 1.75. The van der Waals surface area contributed by atoms with Crippen LogP contribution in [0.2, 0.25) is 5.02 Å². The lowest BCUT2D eigenvalue weighted by Gasteiger charge is -2.26. The van der Waals surface area contributed by atoms with E-state index in [9.17, 15) is 13.2 Å². The Morgan fingerprint density at radius 1 is 1.30 bits per heavy atom. The Balaban J connectivity index is 2.91. The zero-order valence-corrected chi connectivity index (χ0v) is 12.1. The third-order valence-electron chi connectivity index (χ3n) is 2.98. The van der Waals surface area contributed by atoms with Gasteiger partial charge < -0.3 is 5.32 Å². The van der Waals surface area contributed by atoms with E-state index in [0.29, 0.717) is 19.4 Å². The lowest BCUT2D eigenvalue weighted by atomic mass is 9.88. The van der Waals surface area contributed by atoms with E-state index in [1.807, 2.05) is 19.9 Å². The van der Waals surface area contributed by atoms with Crippen LogP contribution in [0.4, 0.5) is 18.9 Å². The summed E-state index contributed by atoms with van der Waals surface area (Å²) < 4.78 is 38.7. The van der Waals surface area contributed by atoms with Crippen molar-refractivity contribution in [2.24, 2.45) is 5.41 Å². The second kappa shape index (κ2) is 6.36. The first-order chi connectivity index (χ1) is 9.17. The fourth-order valence-corrected chi connectivity index (χ4v) is 1.99. The van der Waals surface area contributed by atoms with E-state index in [2.05, 4.69) is 5.32 Å². The highest BCUT2D eigenvalue weighted by molar-refractivity contribution is 6.33. The summed E-state index contributed by atoms with van der Waals surface area (Å²) >= 11 is 5.85. The minimum atomic E-state index is -4.45. The Bertz CT molecular complexity index is 504. The van der Waals surface area contributed by atoms with Crippen LogP contribution in [0.5, 0.6) is 0 Å². The second-order valence-electron chi connectivity index (χ2n) is 5.34. The van der Waals surface area contributed by atoms with Gasteiger partial charge in [0.05, 0.1) is 22.3 Å². The van der Waals surface area contributed by atoms with E-state index in [4.69, 9.17) is 16.9 Å².